The molecule has 1 amide bonds. The molecule has 0 fully saturated rings. The summed E-state index contributed by atoms with van der Waals surface area (Å²) in [5.74, 6) is 0.552. The van der Waals surface area contributed by atoms with Gasteiger partial charge in [-0.1, -0.05) is 30.3 Å². The topological polar surface area (TPSA) is 67.0 Å². The Morgan fingerprint density at radius 3 is 2.74 bits per heavy atom. The number of rotatable bonds is 5. The second-order valence-electron chi connectivity index (χ2n) is 4.26. The highest BCUT2D eigenvalue weighted by atomic mass is 16.5. The number of ether oxygens (including phenoxy) is 1. The molecule has 0 bridgehead atoms. The van der Waals surface area contributed by atoms with Gasteiger partial charge in [0.1, 0.15) is 5.82 Å². The van der Waals surface area contributed by atoms with E-state index in [1.54, 1.807) is 6.20 Å². The summed E-state index contributed by atoms with van der Waals surface area (Å²) in [4.78, 5) is 19.3. The van der Waals surface area contributed by atoms with Gasteiger partial charge < -0.3 is 15.0 Å². The number of imidazole rings is 1. The number of carbonyl (C=O) groups is 1. The molecule has 0 radical (unpaired) electrons. The van der Waals surface area contributed by atoms with Crippen molar-refractivity contribution in [1.29, 1.82) is 0 Å². The van der Waals surface area contributed by atoms with E-state index in [1.807, 2.05) is 37.3 Å². The van der Waals surface area contributed by atoms with Crippen molar-refractivity contribution in [2.45, 2.75) is 19.6 Å². The quantitative estimate of drug-likeness (QED) is 0.859. The second kappa shape index (κ2) is 6.15. The number of aromatic amines is 1. The number of hydrogen-bond acceptors (Lipinski definition) is 3. The first-order valence-corrected chi connectivity index (χ1v) is 6.06. The molecule has 1 atom stereocenters. The number of carbonyl (C=O) groups excluding carboxylic acids is 1. The highest BCUT2D eigenvalue weighted by Crippen LogP contribution is 2.16. The van der Waals surface area contributed by atoms with Gasteiger partial charge in [0.2, 0.25) is 0 Å². The zero-order chi connectivity index (χ0) is 13.7. The van der Waals surface area contributed by atoms with Crippen LogP contribution in [0.5, 0.6) is 0 Å². The Hall–Kier alpha value is -2.14. The van der Waals surface area contributed by atoms with E-state index in [2.05, 4.69) is 15.3 Å². The van der Waals surface area contributed by atoms with Gasteiger partial charge in [0.25, 0.3) is 5.91 Å². The lowest BCUT2D eigenvalue weighted by atomic mass is 10.1. The Kier molecular flexibility index (Phi) is 4.30. The van der Waals surface area contributed by atoms with Crippen LogP contribution in [-0.2, 0) is 16.1 Å². The molecule has 2 rings (SSSR count). The van der Waals surface area contributed by atoms with Crippen molar-refractivity contribution in [2.24, 2.45) is 0 Å². The third-order valence-corrected chi connectivity index (χ3v) is 2.76. The van der Waals surface area contributed by atoms with E-state index in [1.165, 1.54) is 7.11 Å². The average Bonchev–Trinajstić information content (AvgIpc) is 2.84. The van der Waals surface area contributed by atoms with Crippen molar-refractivity contribution in [3.63, 3.8) is 0 Å². The average molecular weight is 259 g/mol. The summed E-state index contributed by atoms with van der Waals surface area (Å²) in [6.45, 7) is 2.28. The number of H-pyrrole nitrogens is 1. The zero-order valence-corrected chi connectivity index (χ0v) is 11.0. The SMILES string of the molecule is COC(C(=O)NCc1ncc(C)[nH]1)c1ccccc1. The normalized spacial score (nSPS) is 12.1. The first kappa shape index (κ1) is 13.3. The van der Waals surface area contributed by atoms with Gasteiger partial charge in [-0.3, -0.25) is 4.79 Å². The maximum absolute atomic E-state index is 12.1. The molecule has 19 heavy (non-hydrogen) atoms. The van der Waals surface area contributed by atoms with Crippen LogP contribution in [0.4, 0.5) is 0 Å². The lowest BCUT2D eigenvalue weighted by molar-refractivity contribution is -0.131. The summed E-state index contributed by atoms with van der Waals surface area (Å²) >= 11 is 0. The van der Waals surface area contributed by atoms with E-state index < -0.39 is 6.10 Å². The van der Waals surface area contributed by atoms with Gasteiger partial charge in [-0.05, 0) is 12.5 Å². The molecule has 1 unspecified atom stereocenters. The predicted octanol–water partition coefficient (Wildman–Crippen LogP) is 1.72. The molecule has 1 aromatic carbocycles. The fourth-order valence-corrected chi connectivity index (χ4v) is 1.84. The number of aromatic nitrogens is 2. The maximum Gasteiger partial charge on any atom is 0.254 e. The summed E-state index contributed by atoms with van der Waals surface area (Å²) in [6.07, 6.45) is 1.13. The fraction of sp³-hybridized carbons (Fsp3) is 0.286. The highest BCUT2D eigenvalue weighted by Gasteiger charge is 2.19. The smallest absolute Gasteiger partial charge is 0.254 e. The summed E-state index contributed by atoms with van der Waals surface area (Å²) < 4.78 is 5.25. The van der Waals surface area contributed by atoms with Gasteiger partial charge in [-0.2, -0.15) is 0 Å². The van der Waals surface area contributed by atoms with E-state index in [4.69, 9.17) is 4.74 Å². The van der Waals surface area contributed by atoms with Crippen LogP contribution in [0.2, 0.25) is 0 Å². The van der Waals surface area contributed by atoms with Crippen LogP contribution in [-0.4, -0.2) is 23.0 Å². The number of nitrogens with zero attached hydrogens (tertiary/aromatic N) is 1. The summed E-state index contributed by atoms with van der Waals surface area (Å²) in [5, 5.41) is 2.80. The summed E-state index contributed by atoms with van der Waals surface area (Å²) in [6, 6.07) is 9.39. The molecule has 0 aliphatic rings. The Labute approximate surface area is 112 Å². The van der Waals surface area contributed by atoms with Crippen LogP contribution < -0.4 is 5.32 Å². The molecular formula is C14H17N3O2. The van der Waals surface area contributed by atoms with Crippen LogP contribution in [0.15, 0.2) is 36.5 Å². The predicted molar refractivity (Wildman–Crippen MR) is 71.4 cm³/mol. The number of hydrogen-bond donors (Lipinski definition) is 2. The third kappa shape index (κ3) is 3.42. The Balaban J connectivity index is 1.98. The minimum absolute atomic E-state index is 0.178. The molecule has 0 saturated heterocycles. The van der Waals surface area contributed by atoms with Crippen molar-refractivity contribution in [3.8, 4) is 0 Å². The van der Waals surface area contributed by atoms with Crippen LogP contribution >= 0.6 is 0 Å². The second-order valence-corrected chi connectivity index (χ2v) is 4.26. The minimum atomic E-state index is -0.600. The number of nitrogens with one attached hydrogen (secondary N) is 2. The van der Waals surface area contributed by atoms with Crippen LogP contribution in [0, 0.1) is 6.92 Å². The number of benzene rings is 1. The van der Waals surface area contributed by atoms with Crippen LogP contribution in [0.25, 0.3) is 0 Å². The van der Waals surface area contributed by atoms with E-state index in [0.717, 1.165) is 17.1 Å². The number of aryl methyl sites for hydroxylation is 1. The molecule has 0 saturated carbocycles. The largest absolute Gasteiger partial charge is 0.367 e. The molecule has 0 spiro atoms. The van der Waals surface area contributed by atoms with E-state index in [9.17, 15) is 4.79 Å². The van der Waals surface area contributed by atoms with Gasteiger partial charge in [0, 0.05) is 19.0 Å². The molecule has 0 aliphatic carbocycles. The lowest BCUT2D eigenvalue weighted by Crippen LogP contribution is -2.30. The number of amides is 1. The third-order valence-electron chi connectivity index (χ3n) is 2.76. The standard InChI is InChI=1S/C14H17N3O2/c1-10-8-15-12(17-10)9-16-14(18)13(19-2)11-6-4-3-5-7-11/h3-8,13H,9H2,1-2H3,(H,15,17)(H,16,18). The van der Waals surface area contributed by atoms with Gasteiger partial charge >= 0.3 is 0 Å². The van der Waals surface area contributed by atoms with Crippen LogP contribution in [0.3, 0.4) is 0 Å². The number of methoxy groups -OCH3 is 1. The molecule has 5 heteroatoms. The molecule has 0 aliphatic heterocycles. The highest BCUT2D eigenvalue weighted by molar-refractivity contribution is 5.82. The van der Waals surface area contributed by atoms with Crippen molar-refractivity contribution in [1.82, 2.24) is 15.3 Å². The first-order chi connectivity index (χ1) is 9.20. The molecule has 5 nitrogen and oxygen atoms in total. The van der Waals surface area contributed by atoms with E-state index in [-0.39, 0.29) is 5.91 Å². The summed E-state index contributed by atoms with van der Waals surface area (Å²) in [5.41, 5.74) is 1.80. The Bertz CT molecular complexity index is 537. The van der Waals surface area contributed by atoms with Crippen molar-refractivity contribution >= 4 is 5.91 Å². The molecule has 1 heterocycles. The Morgan fingerprint density at radius 2 is 2.16 bits per heavy atom. The van der Waals surface area contributed by atoms with Crippen LogP contribution in [0.1, 0.15) is 23.2 Å². The zero-order valence-electron chi connectivity index (χ0n) is 11.0. The van der Waals surface area contributed by atoms with Crippen molar-refractivity contribution in [2.75, 3.05) is 7.11 Å². The van der Waals surface area contributed by atoms with Crippen molar-refractivity contribution in [3.05, 3.63) is 53.6 Å². The molecule has 100 valence electrons. The van der Waals surface area contributed by atoms with Gasteiger partial charge in [0.15, 0.2) is 6.10 Å². The van der Waals surface area contributed by atoms with E-state index in [0.29, 0.717) is 6.54 Å². The maximum atomic E-state index is 12.1. The lowest BCUT2D eigenvalue weighted by Gasteiger charge is -2.15. The molecule has 2 aromatic rings. The first-order valence-electron chi connectivity index (χ1n) is 6.06. The van der Waals surface area contributed by atoms with E-state index >= 15 is 0 Å². The van der Waals surface area contributed by atoms with Crippen molar-refractivity contribution < 1.29 is 9.53 Å². The molecule has 2 N–H and O–H groups in total. The minimum Gasteiger partial charge on any atom is -0.367 e. The molecular weight excluding hydrogens is 242 g/mol. The Morgan fingerprint density at radius 1 is 1.42 bits per heavy atom. The fourth-order valence-electron chi connectivity index (χ4n) is 1.84. The van der Waals surface area contributed by atoms with Gasteiger partial charge in [-0.15, -0.1) is 0 Å². The molecule has 1 aromatic heterocycles. The van der Waals surface area contributed by atoms with Gasteiger partial charge in [-0.25, -0.2) is 4.98 Å². The summed E-state index contributed by atoms with van der Waals surface area (Å²) in [7, 11) is 1.52. The van der Waals surface area contributed by atoms with Gasteiger partial charge in [0.05, 0.1) is 6.54 Å². The monoisotopic (exact) mass is 259 g/mol.